The molecule has 2 aromatic carbocycles. The van der Waals surface area contributed by atoms with Crippen molar-refractivity contribution in [3.05, 3.63) is 60.7 Å². The van der Waals surface area contributed by atoms with Crippen LogP contribution in [0, 0.1) is 0 Å². The second kappa shape index (κ2) is 13.6. The van der Waals surface area contributed by atoms with Crippen molar-refractivity contribution in [2.75, 3.05) is 26.8 Å². The molecule has 8 heteroatoms. The molecule has 2 rings (SSSR count). The van der Waals surface area contributed by atoms with Crippen molar-refractivity contribution in [1.29, 1.82) is 0 Å². The summed E-state index contributed by atoms with van der Waals surface area (Å²) in [5, 5.41) is -0.953. The maximum Gasteiger partial charge on any atom is 0.251 e. The third-order valence-electron chi connectivity index (χ3n) is 5.49. The van der Waals surface area contributed by atoms with Crippen molar-refractivity contribution in [1.82, 2.24) is 0 Å². The lowest BCUT2D eigenvalue weighted by Gasteiger charge is -2.28. The molecule has 0 fully saturated rings. The van der Waals surface area contributed by atoms with Crippen LogP contribution in [0.15, 0.2) is 60.7 Å². The Hall–Kier alpha value is -2.06. The monoisotopic (exact) mass is 494 g/mol. The van der Waals surface area contributed by atoms with E-state index in [1.165, 1.54) is 8.61 Å². The average Bonchev–Trinajstić information content (AvgIpc) is 2.79. The van der Waals surface area contributed by atoms with Crippen LogP contribution in [0.5, 0.6) is 0 Å². The third kappa shape index (κ3) is 8.66. The first-order valence-corrected chi connectivity index (χ1v) is 15.1. The fraction of sp³-hybridized carbons (Fsp3) is 0.520. The zero-order chi connectivity index (χ0) is 24.2. The highest BCUT2D eigenvalue weighted by Gasteiger charge is 2.33. The summed E-state index contributed by atoms with van der Waals surface area (Å²) in [4.78, 5) is 0. The second-order valence-corrected chi connectivity index (χ2v) is 12.4. The van der Waals surface area contributed by atoms with Gasteiger partial charge >= 0.3 is 0 Å². The molecule has 184 valence electrons. The summed E-state index contributed by atoms with van der Waals surface area (Å²) in [6, 6.07) is 17.5. The summed E-state index contributed by atoms with van der Waals surface area (Å²) in [5.41, 5.74) is 0.997. The number of hydrogen-bond acceptors (Lipinski definition) is 4. The van der Waals surface area contributed by atoms with E-state index in [0.29, 0.717) is 24.2 Å². The molecule has 0 aliphatic rings. The Kier molecular flexibility index (Phi) is 11.2. The Labute approximate surface area is 200 Å². The zero-order valence-electron chi connectivity index (χ0n) is 19.9. The highest BCUT2D eigenvalue weighted by atomic mass is 32.3. The van der Waals surface area contributed by atoms with Gasteiger partial charge in [0.25, 0.3) is 20.0 Å². The number of rotatable bonds is 16. The molecule has 0 unspecified atom stereocenters. The number of hydrogen-bond donors (Lipinski definition) is 0. The molecule has 6 nitrogen and oxygen atoms in total. The van der Waals surface area contributed by atoms with E-state index >= 15 is 0 Å². The van der Waals surface area contributed by atoms with Gasteiger partial charge in [-0.2, -0.15) is 0 Å². The van der Waals surface area contributed by atoms with Crippen LogP contribution >= 0.6 is 0 Å². The molecule has 0 radical (unpaired) electrons. The van der Waals surface area contributed by atoms with Gasteiger partial charge in [-0.25, -0.2) is 16.8 Å². The lowest BCUT2D eigenvalue weighted by Crippen LogP contribution is -2.42. The molecule has 0 atom stereocenters. The lowest BCUT2D eigenvalue weighted by atomic mass is 10.2. The van der Waals surface area contributed by atoms with E-state index in [1.807, 2.05) is 12.1 Å². The molecule has 0 heterocycles. The Morgan fingerprint density at radius 1 is 0.545 bits per heavy atom. The Morgan fingerprint density at radius 2 is 0.909 bits per heavy atom. The van der Waals surface area contributed by atoms with Crippen LogP contribution in [0.25, 0.3) is 0 Å². The summed E-state index contributed by atoms with van der Waals surface area (Å²) < 4.78 is 56.3. The van der Waals surface area contributed by atoms with E-state index in [0.717, 1.165) is 38.5 Å². The van der Waals surface area contributed by atoms with Crippen LogP contribution in [0.1, 0.15) is 65.2 Å². The zero-order valence-corrected chi connectivity index (χ0v) is 21.5. The molecule has 0 saturated carbocycles. The van der Waals surface area contributed by atoms with Gasteiger partial charge in [-0.05, 0) is 37.1 Å². The molecule has 0 aromatic heterocycles. The van der Waals surface area contributed by atoms with Gasteiger partial charge in [-0.15, -0.1) is 0 Å². The van der Waals surface area contributed by atoms with E-state index in [-0.39, 0.29) is 13.1 Å². The van der Waals surface area contributed by atoms with E-state index in [2.05, 4.69) is 13.8 Å². The molecular formula is C25H38N2O4S2. The van der Waals surface area contributed by atoms with E-state index in [9.17, 15) is 16.8 Å². The predicted molar refractivity (Wildman–Crippen MR) is 139 cm³/mol. The third-order valence-corrected chi connectivity index (χ3v) is 10.0. The first kappa shape index (κ1) is 27.2. The number of benzene rings is 2. The lowest BCUT2D eigenvalue weighted by molar-refractivity contribution is 0.578. The van der Waals surface area contributed by atoms with E-state index in [4.69, 9.17) is 0 Å². The van der Waals surface area contributed by atoms with Crippen LogP contribution in [0.4, 0.5) is 11.4 Å². The SMILES string of the molecule is CCCCCCN(c1ccccc1)S(=O)(=O)CS(=O)(=O)N(CCCCCC)c1ccccc1. The van der Waals surface area contributed by atoms with Crippen LogP contribution in [0.3, 0.4) is 0 Å². The fourth-order valence-electron chi connectivity index (χ4n) is 3.73. The Morgan fingerprint density at radius 3 is 1.24 bits per heavy atom. The number of anilines is 2. The molecule has 0 saturated heterocycles. The van der Waals surface area contributed by atoms with Gasteiger partial charge in [0, 0.05) is 13.1 Å². The Balaban J connectivity index is 2.29. The highest BCUT2D eigenvalue weighted by molar-refractivity contribution is 8.09. The summed E-state index contributed by atoms with van der Waals surface area (Å²) >= 11 is 0. The largest absolute Gasteiger partial charge is 0.269 e. The normalized spacial score (nSPS) is 11.9. The maximum atomic E-state index is 13.4. The van der Waals surface area contributed by atoms with Gasteiger partial charge < -0.3 is 0 Å². The first-order valence-electron chi connectivity index (χ1n) is 11.9. The van der Waals surface area contributed by atoms with Crippen molar-refractivity contribution in [2.45, 2.75) is 65.2 Å². The average molecular weight is 495 g/mol. The highest BCUT2D eigenvalue weighted by Crippen LogP contribution is 2.24. The summed E-state index contributed by atoms with van der Waals surface area (Å²) in [6.07, 6.45) is 7.27. The molecule has 0 aliphatic carbocycles. The maximum absolute atomic E-state index is 13.4. The van der Waals surface area contributed by atoms with E-state index in [1.54, 1.807) is 48.5 Å². The van der Waals surface area contributed by atoms with Gasteiger partial charge in [-0.1, -0.05) is 88.8 Å². The molecule has 0 bridgehead atoms. The van der Waals surface area contributed by atoms with E-state index < -0.39 is 25.1 Å². The van der Waals surface area contributed by atoms with Gasteiger partial charge in [0.2, 0.25) is 0 Å². The van der Waals surface area contributed by atoms with Gasteiger partial charge in [0.1, 0.15) is 0 Å². The molecular weight excluding hydrogens is 456 g/mol. The van der Waals surface area contributed by atoms with Crippen LogP contribution in [-0.4, -0.2) is 35.0 Å². The number of para-hydroxylation sites is 2. The minimum Gasteiger partial charge on any atom is -0.269 e. The molecule has 0 N–H and O–H groups in total. The second-order valence-electron chi connectivity index (χ2n) is 8.28. The predicted octanol–water partition coefficient (Wildman–Crippen LogP) is 5.78. The minimum atomic E-state index is -4.10. The molecule has 33 heavy (non-hydrogen) atoms. The number of nitrogens with zero attached hydrogens (tertiary/aromatic N) is 2. The van der Waals surface area contributed by atoms with Crippen molar-refractivity contribution in [2.24, 2.45) is 0 Å². The van der Waals surface area contributed by atoms with Crippen molar-refractivity contribution >= 4 is 31.4 Å². The summed E-state index contributed by atoms with van der Waals surface area (Å²) in [6.45, 7) is 4.72. The van der Waals surface area contributed by atoms with Crippen LogP contribution in [0.2, 0.25) is 0 Å². The minimum absolute atomic E-state index is 0.268. The number of sulfonamides is 2. The van der Waals surface area contributed by atoms with Gasteiger partial charge in [0.05, 0.1) is 11.4 Å². The molecule has 0 aliphatic heterocycles. The quantitative estimate of drug-likeness (QED) is 0.277. The van der Waals surface area contributed by atoms with Crippen molar-refractivity contribution in [3.63, 3.8) is 0 Å². The van der Waals surface area contributed by atoms with Crippen LogP contribution < -0.4 is 8.61 Å². The molecule has 2 aromatic rings. The van der Waals surface area contributed by atoms with Crippen molar-refractivity contribution in [3.8, 4) is 0 Å². The standard InChI is InChI=1S/C25H38N2O4S2/c1-3-5-7-15-21-26(24-17-11-9-12-18-24)32(28,29)23-33(30,31)27(22-16-8-6-4-2)25-19-13-10-14-20-25/h9-14,17-20H,3-8,15-16,21-23H2,1-2H3. The summed E-state index contributed by atoms with van der Waals surface area (Å²) in [5.74, 6) is 0. The molecule has 0 amide bonds. The van der Waals surface area contributed by atoms with Gasteiger partial charge in [-0.3, -0.25) is 8.61 Å². The topological polar surface area (TPSA) is 74.8 Å². The van der Waals surface area contributed by atoms with Crippen LogP contribution in [-0.2, 0) is 20.0 Å². The summed E-state index contributed by atoms with van der Waals surface area (Å²) in [7, 11) is -8.21. The smallest absolute Gasteiger partial charge is 0.251 e. The molecule has 0 spiro atoms. The Bertz CT molecular complexity index is 927. The fourth-order valence-corrected chi connectivity index (χ4v) is 7.95. The first-order chi connectivity index (χ1) is 15.8. The van der Waals surface area contributed by atoms with Crippen molar-refractivity contribution < 1.29 is 16.8 Å². The number of unbranched alkanes of at least 4 members (excludes halogenated alkanes) is 6. The van der Waals surface area contributed by atoms with Gasteiger partial charge in [0.15, 0.2) is 5.08 Å².